The number of thiazole rings is 1. The molecule has 164 valence electrons. The maximum atomic E-state index is 11.3. The summed E-state index contributed by atoms with van der Waals surface area (Å²) in [7, 11) is 0. The molecule has 5 nitrogen and oxygen atoms in total. The van der Waals surface area contributed by atoms with E-state index in [0.29, 0.717) is 12.5 Å². The Balaban J connectivity index is 1.58. The van der Waals surface area contributed by atoms with E-state index in [0.717, 1.165) is 50.8 Å². The van der Waals surface area contributed by atoms with Crippen molar-refractivity contribution < 1.29 is 9.84 Å². The molecule has 5 rings (SSSR count). The third kappa shape index (κ3) is 4.15. The molecule has 0 bridgehead atoms. The lowest BCUT2D eigenvalue weighted by Gasteiger charge is -2.23. The number of allylic oxidation sites excluding steroid dienone is 1. The first-order chi connectivity index (χ1) is 15.7. The molecule has 0 radical (unpaired) electrons. The molecule has 32 heavy (non-hydrogen) atoms. The summed E-state index contributed by atoms with van der Waals surface area (Å²) in [6.07, 6.45) is 9.68. The summed E-state index contributed by atoms with van der Waals surface area (Å²) in [5.41, 5.74) is 3.93. The Morgan fingerprint density at radius 1 is 1.12 bits per heavy atom. The summed E-state index contributed by atoms with van der Waals surface area (Å²) < 4.78 is 7.60. The van der Waals surface area contributed by atoms with Crippen LogP contribution in [0.15, 0.2) is 58.5 Å². The van der Waals surface area contributed by atoms with Crippen LogP contribution in [-0.2, 0) is 0 Å². The van der Waals surface area contributed by atoms with Crippen LogP contribution in [0.5, 0.6) is 11.6 Å². The molecule has 1 aromatic heterocycles. The molecule has 1 aliphatic heterocycles. The highest BCUT2D eigenvalue weighted by atomic mass is 32.1. The molecule has 0 atom stereocenters. The molecule has 2 aliphatic rings. The first-order valence-corrected chi connectivity index (χ1v) is 12.1. The van der Waals surface area contributed by atoms with E-state index in [9.17, 15) is 5.11 Å². The number of fused-ring (bicyclic) bond motifs is 1. The van der Waals surface area contributed by atoms with Crippen LogP contribution < -0.4 is 9.54 Å². The number of para-hydroxylation sites is 1. The van der Waals surface area contributed by atoms with E-state index in [1.807, 2.05) is 66.2 Å². The number of aliphatic imine (C=N–C) groups is 1. The summed E-state index contributed by atoms with van der Waals surface area (Å²) >= 11 is 1.53. The molecule has 6 heteroatoms. The first kappa shape index (κ1) is 20.8. The smallest absolute Gasteiger partial charge is 0.211 e. The lowest BCUT2D eigenvalue weighted by atomic mass is 9.95. The second-order valence-electron chi connectivity index (χ2n) is 8.15. The molecular formula is C26H27N3O2S. The van der Waals surface area contributed by atoms with Crippen molar-refractivity contribution in [2.75, 3.05) is 6.61 Å². The van der Waals surface area contributed by atoms with E-state index < -0.39 is 0 Å². The zero-order chi connectivity index (χ0) is 21.9. The van der Waals surface area contributed by atoms with Crippen LogP contribution in [0.1, 0.15) is 55.5 Å². The number of benzene rings is 2. The molecule has 0 unspecified atom stereocenters. The molecule has 2 aromatic carbocycles. The summed E-state index contributed by atoms with van der Waals surface area (Å²) in [4.78, 5) is 11.1. The van der Waals surface area contributed by atoms with Gasteiger partial charge in [0.05, 0.1) is 22.9 Å². The normalized spacial score (nSPS) is 17.8. The molecule has 0 spiro atoms. The lowest BCUT2D eigenvalue weighted by molar-refractivity contribution is 0.307. The van der Waals surface area contributed by atoms with Crippen LogP contribution in [0.3, 0.4) is 0 Å². The predicted molar refractivity (Wildman–Crippen MR) is 131 cm³/mol. The summed E-state index contributed by atoms with van der Waals surface area (Å²) in [6.45, 7) is 2.62. The van der Waals surface area contributed by atoms with Gasteiger partial charge in [-0.2, -0.15) is 0 Å². The molecule has 1 fully saturated rings. The van der Waals surface area contributed by atoms with Gasteiger partial charge in [0.1, 0.15) is 5.75 Å². The molecule has 3 aromatic rings. The Labute approximate surface area is 192 Å². The van der Waals surface area contributed by atoms with Gasteiger partial charge in [0, 0.05) is 23.4 Å². The summed E-state index contributed by atoms with van der Waals surface area (Å²) in [6, 6.07) is 16.2. The van der Waals surface area contributed by atoms with Gasteiger partial charge in [0.2, 0.25) is 5.88 Å². The average molecular weight is 446 g/mol. The maximum Gasteiger partial charge on any atom is 0.211 e. The monoisotopic (exact) mass is 445 g/mol. The predicted octanol–water partition coefficient (Wildman–Crippen LogP) is 6.65. The van der Waals surface area contributed by atoms with Crippen molar-refractivity contribution in [1.82, 2.24) is 4.57 Å². The highest BCUT2D eigenvalue weighted by Crippen LogP contribution is 2.37. The van der Waals surface area contributed by atoms with E-state index in [4.69, 9.17) is 9.73 Å². The first-order valence-electron chi connectivity index (χ1n) is 11.3. The largest absolute Gasteiger partial charge is 0.494 e. The van der Waals surface area contributed by atoms with Crippen molar-refractivity contribution in [3.8, 4) is 11.6 Å². The van der Waals surface area contributed by atoms with Gasteiger partial charge < -0.3 is 9.84 Å². The van der Waals surface area contributed by atoms with Gasteiger partial charge in [-0.1, -0.05) is 48.8 Å². The zero-order valence-electron chi connectivity index (χ0n) is 18.2. The number of nitrogens with zero attached hydrogens (tertiary/aromatic N) is 3. The summed E-state index contributed by atoms with van der Waals surface area (Å²) in [5, 5.41) is 11.3. The third-order valence-corrected chi connectivity index (χ3v) is 7.00. The van der Waals surface area contributed by atoms with Crippen LogP contribution in [0.2, 0.25) is 0 Å². The number of ether oxygens (including phenoxy) is 1. The van der Waals surface area contributed by atoms with Crippen molar-refractivity contribution >= 4 is 40.6 Å². The topological polar surface area (TPSA) is 59.1 Å². The molecule has 1 aliphatic carbocycles. The van der Waals surface area contributed by atoms with Crippen LogP contribution in [0.25, 0.3) is 11.6 Å². The van der Waals surface area contributed by atoms with Crippen LogP contribution >= 0.6 is 11.3 Å². The minimum atomic E-state index is 0.276. The van der Waals surface area contributed by atoms with E-state index in [1.165, 1.54) is 30.6 Å². The van der Waals surface area contributed by atoms with Crippen molar-refractivity contribution in [3.05, 3.63) is 63.8 Å². The fourth-order valence-electron chi connectivity index (χ4n) is 4.43. The SMILES string of the molecule is CCOc1ccc(N=c2sc(/C=C3\C=Nc4ccccc43)c(O)n2C2CCCCC2)cc1. The van der Waals surface area contributed by atoms with Gasteiger partial charge in [-0.25, -0.2) is 4.99 Å². The minimum Gasteiger partial charge on any atom is -0.494 e. The second kappa shape index (κ2) is 9.17. The van der Waals surface area contributed by atoms with E-state index in [-0.39, 0.29) is 6.04 Å². The standard InChI is InChI=1S/C26H27N3O2S/c1-2-31-21-14-12-19(13-15-21)28-26-29(20-8-4-3-5-9-20)25(30)24(32-26)16-18-17-27-23-11-7-6-10-22(18)23/h6-7,10-17,20,30H,2-5,8-9H2,1H3/b18-16+,28-26?. The van der Waals surface area contributed by atoms with Crippen LogP contribution in [-0.4, -0.2) is 22.5 Å². The van der Waals surface area contributed by atoms with Gasteiger partial charge in [-0.15, -0.1) is 0 Å². The third-order valence-electron chi connectivity index (χ3n) is 6.01. The number of hydrogen-bond donors (Lipinski definition) is 1. The molecule has 1 saturated carbocycles. The van der Waals surface area contributed by atoms with Crippen molar-refractivity contribution in [3.63, 3.8) is 0 Å². The van der Waals surface area contributed by atoms with Gasteiger partial charge >= 0.3 is 0 Å². The van der Waals surface area contributed by atoms with E-state index in [2.05, 4.69) is 11.1 Å². The quantitative estimate of drug-likeness (QED) is 0.478. The Morgan fingerprint density at radius 2 is 1.91 bits per heavy atom. The Kier molecular flexibility index (Phi) is 5.95. The lowest BCUT2D eigenvalue weighted by Crippen LogP contribution is -2.22. The van der Waals surface area contributed by atoms with Crippen molar-refractivity contribution in [2.45, 2.75) is 45.1 Å². The molecule has 0 amide bonds. The van der Waals surface area contributed by atoms with Crippen LogP contribution in [0.4, 0.5) is 11.4 Å². The molecule has 2 heterocycles. The molecular weight excluding hydrogens is 418 g/mol. The van der Waals surface area contributed by atoms with Gasteiger partial charge in [0.15, 0.2) is 4.80 Å². The fourth-order valence-corrected chi connectivity index (χ4v) is 5.49. The number of aromatic hydroxyl groups is 1. The number of aromatic nitrogens is 1. The van der Waals surface area contributed by atoms with Gasteiger partial charge in [0.25, 0.3) is 0 Å². The van der Waals surface area contributed by atoms with Crippen molar-refractivity contribution in [2.24, 2.45) is 9.98 Å². The van der Waals surface area contributed by atoms with Crippen molar-refractivity contribution in [1.29, 1.82) is 0 Å². The summed E-state index contributed by atoms with van der Waals surface area (Å²) in [5.74, 6) is 1.14. The zero-order valence-corrected chi connectivity index (χ0v) is 19.0. The Hall–Kier alpha value is -3.12. The van der Waals surface area contributed by atoms with E-state index >= 15 is 0 Å². The molecule has 1 N–H and O–H groups in total. The average Bonchev–Trinajstić information content (AvgIpc) is 3.37. The van der Waals surface area contributed by atoms with Gasteiger partial charge in [-0.3, -0.25) is 9.56 Å². The Bertz CT molecular complexity index is 1230. The number of rotatable bonds is 5. The van der Waals surface area contributed by atoms with Gasteiger partial charge in [-0.05, 0) is 56.2 Å². The molecule has 0 saturated heterocycles. The highest BCUT2D eigenvalue weighted by molar-refractivity contribution is 7.10. The van der Waals surface area contributed by atoms with Crippen LogP contribution in [0, 0.1) is 0 Å². The fraction of sp³-hybridized carbons (Fsp3) is 0.308. The second-order valence-corrected chi connectivity index (χ2v) is 9.16. The maximum absolute atomic E-state index is 11.3. The highest BCUT2D eigenvalue weighted by Gasteiger charge is 2.23. The van der Waals surface area contributed by atoms with E-state index in [1.54, 1.807) is 0 Å². The Morgan fingerprint density at radius 3 is 2.69 bits per heavy atom. The number of hydrogen-bond acceptors (Lipinski definition) is 5. The minimum absolute atomic E-state index is 0.276.